The van der Waals surface area contributed by atoms with Gasteiger partial charge in [-0.1, -0.05) is 20.3 Å². The standard InChI is InChI=1S/C9H20N2/c1-3-8(2)6-11-5-4-9(10)7-11/h8-9H,3-7,10H2,1-2H3/t8?,9-/m1/s1. The van der Waals surface area contributed by atoms with Crippen molar-refractivity contribution in [3.8, 4) is 0 Å². The fraction of sp³-hybridized carbons (Fsp3) is 1.00. The molecule has 1 heterocycles. The Labute approximate surface area is 69.8 Å². The van der Waals surface area contributed by atoms with Gasteiger partial charge >= 0.3 is 0 Å². The number of rotatable bonds is 3. The molecule has 2 nitrogen and oxygen atoms in total. The molecule has 66 valence electrons. The Bertz CT molecular complexity index is 114. The average molecular weight is 156 g/mol. The second-order valence-corrected chi connectivity index (χ2v) is 3.82. The van der Waals surface area contributed by atoms with E-state index in [9.17, 15) is 0 Å². The van der Waals surface area contributed by atoms with Gasteiger partial charge in [-0.2, -0.15) is 0 Å². The van der Waals surface area contributed by atoms with Crippen LogP contribution in [0.4, 0.5) is 0 Å². The van der Waals surface area contributed by atoms with E-state index in [0.717, 1.165) is 12.5 Å². The molecule has 0 aromatic rings. The minimum atomic E-state index is 0.444. The third-order valence-electron chi connectivity index (χ3n) is 2.58. The van der Waals surface area contributed by atoms with Gasteiger partial charge in [-0.3, -0.25) is 0 Å². The van der Waals surface area contributed by atoms with Gasteiger partial charge in [-0.15, -0.1) is 0 Å². The van der Waals surface area contributed by atoms with Crippen molar-refractivity contribution in [3.63, 3.8) is 0 Å². The molecule has 0 saturated carbocycles. The zero-order valence-electron chi connectivity index (χ0n) is 7.71. The molecule has 11 heavy (non-hydrogen) atoms. The Kier molecular flexibility index (Phi) is 3.34. The van der Waals surface area contributed by atoms with Crippen LogP contribution in [-0.2, 0) is 0 Å². The number of nitrogens with zero attached hydrogens (tertiary/aromatic N) is 1. The molecule has 1 aliphatic rings. The molecule has 0 bridgehead atoms. The summed E-state index contributed by atoms with van der Waals surface area (Å²) in [5.41, 5.74) is 5.80. The van der Waals surface area contributed by atoms with Gasteiger partial charge in [0, 0.05) is 19.1 Å². The molecule has 0 aliphatic carbocycles. The lowest BCUT2D eigenvalue weighted by atomic mass is 10.1. The van der Waals surface area contributed by atoms with Gasteiger partial charge < -0.3 is 10.6 Å². The predicted octanol–water partition coefficient (Wildman–Crippen LogP) is 1.07. The highest BCUT2D eigenvalue weighted by atomic mass is 15.2. The smallest absolute Gasteiger partial charge is 0.0180 e. The van der Waals surface area contributed by atoms with E-state index in [1.165, 1.54) is 25.9 Å². The largest absolute Gasteiger partial charge is 0.326 e. The van der Waals surface area contributed by atoms with E-state index in [4.69, 9.17) is 5.73 Å². The Morgan fingerprint density at radius 2 is 2.36 bits per heavy atom. The minimum Gasteiger partial charge on any atom is -0.326 e. The van der Waals surface area contributed by atoms with Crippen LogP contribution < -0.4 is 5.73 Å². The third-order valence-corrected chi connectivity index (χ3v) is 2.58. The molecular weight excluding hydrogens is 136 g/mol. The molecule has 0 amide bonds. The van der Waals surface area contributed by atoms with Crippen molar-refractivity contribution in [2.45, 2.75) is 32.7 Å². The summed E-state index contributed by atoms with van der Waals surface area (Å²) in [7, 11) is 0. The Hall–Kier alpha value is -0.0800. The SMILES string of the molecule is CCC(C)CN1CC[C@@H](N)C1. The quantitative estimate of drug-likeness (QED) is 0.662. The molecular formula is C9H20N2. The lowest BCUT2D eigenvalue weighted by Crippen LogP contribution is -2.29. The summed E-state index contributed by atoms with van der Waals surface area (Å²) >= 11 is 0. The normalized spacial score (nSPS) is 29.2. The van der Waals surface area contributed by atoms with Crippen molar-refractivity contribution in [2.24, 2.45) is 11.7 Å². The van der Waals surface area contributed by atoms with Crippen molar-refractivity contribution >= 4 is 0 Å². The molecule has 1 aliphatic heterocycles. The molecule has 1 saturated heterocycles. The first-order valence-corrected chi connectivity index (χ1v) is 4.70. The Balaban J connectivity index is 2.17. The van der Waals surface area contributed by atoms with Crippen LogP contribution in [0.2, 0.25) is 0 Å². The van der Waals surface area contributed by atoms with Crippen molar-refractivity contribution in [1.82, 2.24) is 4.90 Å². The highest BCUT2D eigenvalue weighted by Crippen LogP contribution is 2.11. The summed E-state index contributed by atoms with van der Waals surface area (Å²) in [4.78, 5) is 2.48. The highest BCUT2D eigenvalue weighted by molar-refractivity contribution is 4.78. The zero-order chi connectivity index (χ0) is 8.27. The molecule has 1 unspecified atom stereocenters. The summed E-state index contributed by atoms with van der Waals surface area (Å²) in [5.74, 6) is 0.834. The van der Waals surface area contributed by atoms with Gasteiger partial charge in [0.05, 0.1) is 0 Å². The molecule has 0 aromatic heterocycles. The van der Waals surface area contributed by atoms with E-state index in [1.54, 1.807) is 0 Å². The molecule has 2 atom stereocenters. The maximum absolute atomic E-state index is 5.80. The monoisotopic (exact) mass is 156 g/mol. The third kappa shape index (κ3) is 2.80. The lowest BCUT2D eigenvalue weighted by Gasteiger charge is -2.18. The van der Waals surface area contributed by atoms with E-state index in [-0.39, 0.29) is 0 Å². The maximum atomic E-state index is 5.80. The van der Waals surface area contributed by atoms with Gasteiger partial charge in [0.1, 0.15) is 0 Å². The van der Waals surface area contributed by atoms with Crippen LogP contribution >= 0.6 is 0 Å². The average Bonchev–Trinajstić information content (AvgIpc) is 2.35. The van der Waals surface area contributed by atoms with Crippen LogP contribution in [-0.4, -0.2) is 30.6 Å². The van der Waals surface area contributed by atoms with E-state index in [1.807, 2.05) is 0 Å². The number of hydrogen-bond acceptors (Lipinski definition) is 2. The van der Waals surface area contributed by atoms with E-state index in [0.29, 0.717) is 6.04 Å². The molecule has 2 heteroatoms. The van der Waals surface area contributed by atoms with Crippen LogP contribution in [0.1, 0.15) is 26.7 Å². The lowest BCUT2D eigenvalue weighted by molar-refractivity contribution is 0.281. The van der Waals surface area contributed by atoms with Gasteiger partial charge in [0.15, 0.2) is 0 Å². The second kappa shape index (κ2) is 4.07. The van der Waals surface area contributed by atoms with Crippen LogP contribution in [0.15, 0.2) is 0 Å². The van der Waals surface area contributed by atoms with Gasteiger partial charge in [-0.25, -0.2) is 0 Å². The Morgan fingerprint density at radius 3 is 2.82 bits per heavy atom. The first-order valence-electron chi connectivity index (χ1n) is 4.70. The van der Waals surface area contributed by atoms with Crippen molar-refractivity contribution in [1.29, 1.82) is 0 Å². The summed E-state index contributed by atoms with van der Waals surface area (Å²) in [6.07, 6.45) is 2.47. The van der Waals surface area contributed by atoms with Crippen LogP contribution in [0, 0.1) is 5.92 Å². The topological polar surface area (TPSA) is 29.3 Å². The summed E-state index contributed by atoms with van der Waals surface area (Å²) in [6, 6.07) is 0.444. The summed E-state index contributed by atoms with van der Waals surface area (Å²) in [6.45, 7) is 8.13. The van der Waals surface area contributed by atoms with E-state index >= 15 is 0 Å². The van der Waals surface area contributed by atoms with Crippen molar-refractivity contribution < 1.29 is 0 Å². The van der Waals surface area contributed by atoms with Gasteiger partial charge in [0.2, 0.25) is 0 Å². The molecule has 0 radical (unpaired) electrons. The summed E-state index contributed by atoms with van der Waals surface area (Å²) < 4.78 is 0. The highest BCUT2D eigenvalue weighted by Gasteiger charge is 2.19. The van der Waals surface area contributed by atoms with Gasteiger partial charge in [-0.05, 0) is 18.9 Å². The fourth-order valence-electron chi connectivity index (χ4n) is 1.60. The van der Waals surface area contributed by atoms with Crippen LogP contribution in [0.3, 0.4) is 0 Å². The number of likely N-dealkylation sites (tertiary alicyclic amines) is 1. The van der Waals surface area contributed by atoms with Crippen LogP contribution in [0.25, 0.3) is 0 Å². The molecule has 2 N–H and O–H groups in total. The first kappa shape index (κ1) is 9.01. The van der Waals surface area contributed by atoms with Crippen molar-refractivity contribution in [2.75, 3.05) is 19.6 Å². The van der Waals surface area contributed by atoms with Crippen molar-refractivity contribution in [3.05, 3.63) is 0 Å². The fourth-order valence-corrected chi connectivity index (χ4v) is 1.60. The van der Waals surface area contributed by atoms with Crippen LogP contribution in [0.5, 0.6) is 0 Å². The Morgan fingerprint density at radius 1 is 1.64 bits per heavy atom. The molecule has 1 rings (SSSR count). The number of nitrogens with two attached hydrogens (primary N) is 1. The number of hydrogen-bond donors (Lipinski definition) is 1. The molecule has 0 aromatic carbocycles. The zero-order valence-corrected chi connectivity index (χ0v) is 7.71. The van der Waals surface area contributed by atoms with E-state index in [2.05, 4.69) is 18.7 Å². The first-order chi connectivity index (χ1) is 5.22. The molecule has 1 fully saturated rings. The second-order valence-electron chi connectivity index (χ2n) is 3.82. The maximum Gasteiger partial charge on any atom is 0.0180 e. The molecule has 0 spiro atoms. The van der Waals surface area contributed by atoms with E-state index < -0.39 is 0 Å². The summed E-state index contributed by atoms with van der Waals surface area (Å²) in [5, 5.41) is 0. The predicted molar refractivity (Wildman–Crippen MR) is 48.5 cm³/mol. The van der Waals surface area contributed by atoms with Gasteiger partial charge in [0.25, 0.3) is 0 Å². The minimum absolute atomic E-state index is 0.444.